The molecular weight excluding hydrogens is 352 g/mol. The summed E-state index contributed by atoms with van der Waals surface area (Å²) in [5.41, 5.74) is 4.17. The lowest BCUT2D eigenvalue weighted by molar-refractivity contribution is -0.158. The average molecular weight is 375 g/mol. The summed E-state index contributed by atoms with van der Waals surface area (Å²) in [6.45, 7) is 3.80. The van der Waals surface area contributed by atoms with E-state index in [-0.39, 0.29) is 5.60 Å². The molecule has 3 saturated heterocycles. The van der Waals surface area contributed by atoms with Crippen LogP contribution in [0.5, 0.6) is 5.75 Å². The van der Waals surface area contributed by atoms with Crippen LogP contribution < -0.4 is 4.74 Å². The van der Waals surface area contributed by atoms with E-state index >= 15 is 0 Å². The molecular formula is C23H22N2OS. The highest BCUT2D eigenvalue weighted by Gasteiger charge is 2.60. The van der Waals surface area contributed by atoms with Gasteiger partial charge in [0.2, 0.25) is 0 Å². The topological polar surface area (TPSA) is 25.4 Å². The maximum absolute atomic E-state index is 6.88. The average Bonchev–Trinajstić information content (AvgIpc) is 3.28. The maximum atomic E-state index is 6.88. The Balaban J connectivity index is 1.36. The number of fused-ring (bicyclic) bond motifs is 2. The van der Waals surface area contributed by atoms with E-state index in [4.69, 9.17) is 4.74 Å². The number of pyridine rings is 1. The van der Waals surface area contributed by atoms with E-state index in [1.807, 2.05) is 12.3 Å². The molecule has 3 aromatic rings. The van der Waals surface area contributed by atoms with Crippen LogP contribution in [-0.2, 0) is 6.42 Å². The van der Waals surface area contributed by atoms with E-state index in [9.17, 15) is 0 Å². The van der Waals surface area contributed by atoms with Gasteiger partial charge in [-0.1, -0.05) is 12.1 Å². The van der Waals surface area contributed by atoms with Crippen LogP contribution in [0.15, 0.2) is 41.9 Å². The molecule has 6 heterocycles. The quantitative estimate of drug-likeness (QED) is 0.622. The Morgan fingerprint density at radius 2 is 1.93 bits per heavy atom. The van der Waals surface area contributed by atoms with E-state index in [2.05, 4.69) is 39.5 Å². The number of nitrogens with zero attached hydrogens (tertiary/aromatic N) is 2. The predicted octanol–water partition coefficient (Wildman–Crippen LogP) is 4.61. The van der Waals surface area contributed by atoms with Gasteiger partial charge in [-0.15, -0.1) is 11.3 Å². The molecule has 4 aliphatic heterocycles. The van der Waals surface area contributed by atoms with Gasteiger partial charge in [0, 0.05) is 66.0 Å². The Hall–Kier alpha value is -1.91. The van der Waals surface area contributed by atoms with Crippen LogP contribution in [0.1, 0.15) is 18.4 Å². The first-order chi connectivity index (χ1) is 13.3. The van der Waals surface area contributed by atoms with E-state index in [1.54, 1.807) is 11.3 Å². The Bertz CT molecular complexity index is 1040. The van der Waals surface area contributed by atoms with Crippen molar-refractivity contribution < 1.29 is 4.74 Å². The second-order valence-electron chi connectivity index (χ2n) is 8.97. The second-order valence-corrected chi connectivity index (χ2v) is 9.83. The number of benzene rings is 1. The minimum absolute atomic E-state index is 0.0515. The smallest absolute Gasteiger partial charge is 0.124 e. The van der Waals surface area contributed by atoms with Crippen molar-refractivity contribution >= 4 is 21.6 Å². The van der Waals surface area contributed by atoms with Crippen LogP contribution >= 0.6 is 11.3 Å². The molecule has 8 rings (SSSR count). The third-order valence-corrected chi connectivity index (χ3v) is 8.52. The third kappa shape index (κ3) is 1.93. The van der Waals surface area contributed by atoms with Gasteiger partial charge < -0.3 is 9.64 Å². The van der Waals surface area contributed by atoms with Crippen LogP contribution in [0.25, 0.3) is 21.3 Å². The lowest BCUT2D eigenvalue weighted by Crippen LogP contribution is -2.68. The van der Waals surface area contributed by atoms with Crippen LogP contribution in [-0.4, -0.2) is 35.1 Å². The summed E-state index contributed by atoms with van der Waals surface area (Å²) >= 11 is 1.75. The lowest BCUT2D eigenvalue weighted by atomic mass is 9.58. The molecule has 1 spiro atoms. The Labute approximate surface area is 163 Å². The van der Waals surface area contributed by atoms with Crippen molar-refractivity contribution in [1.82, 2.24) is 9.88 Å². The first-order valence-corrected chi connectivity index (χ1v) is 11.0. The van der Waals surface area contributed by atoms with Crippen LogP contribution in [0.3, 0.4) is 0 Å². The van der Waals surface area contributed by atoms with E-state index in [1.165, 1.54) is 54.6 Å². The molecule has 1 aliphatic carbocycles. The van der Waals surface area contributed by atoms with Crippen molar-refractivity contribution in [2.45, 2.75) is 24.9 Å². The Morgan fingerprint density at radius 1 is 1.04 bits per heavy atom. The van der Waals surface area contributed by atoms with E-state index < -0.39 is 0 Å². The molecule has 0 N–H and O–H groups in total. The number of thiophene rings is 1. The molecule has 136 valence electrons. The summed E-state index contributed by atoms with van der Waals surface area (Å²) in [6, 6.07) is 10.9. The largest absolute Gasteiger partial charge is 0.486 e. The molecule has 4 fully saturated rings. The monoisotopic (exact) mass is 374 g/mol. The summed E-state index contributed by atoms with van der Waals surface area (Å²) in [6.07, 6.45) is 5.70. The first kappa shape index (κ1) is 15.1. The molecule has 5 atom stereocenters. The summed E-state index contributed by atoms with van der Waals surface area (Å²) in [5, 5.41) is 3.55. The zero-order valence-electron chi connectivity index (χ0n) is 15.2. The standard InChI is InChI=1S/C23H22N2OS/c1-3-17(20-13-27-22-18(20)4-2-6-24-22)19-9-23(26-21(19)5-1)15-7-14-8-16(23)12-25(10-14)11-15/h1-6,13-16H,7-12H2/t14?,15-,16?,23?/m1/s1. The van der Waals surface area contributed by atoms with Crippen LogP contribution in [0, 0.1) is 17.8 Å². The highest BCUT2D eigenvalue weighted by molar-refractivity contribution is 7.17. The molecule has 1 aromatic carbocycles. The van der Waals surface area contributed by atoms with Crippen molar-refractivity contribution in [3.8, 4) is 16.9 Å². The van der Waals surface area contributed by atoms with Gasteiger partial charge in [-0.05, 0) is 42.5 Å². The zero-order chi connectivity index (χ0) is 17.6. The van der Waals surface area contributed by atoms with Gasteiger partial charge >= 0.3 is 0 Å². The molecule has 4 heteroatoms. The minimum Gasteiger partial charge on any atom is -0.486 e. The molecule has 27 heavy (non-hydrogen) atoms. The first-order valence-electron chi connectivity index (χ1n) is 10.2. The van der Waals surface area contributed by atoms with Crippen LogP contribution in [0.4, 0.5) is 0 Å². The van der Waals surface area contributed by atoms with Gasteiger partial charge in [-0.25, -0.2) is 4.98 Å². The minimum atomic E-state index is 0.0515. The summed E-state index contributed by atoms with van der Waals surface area (Å²) in [7, 11) is 0. The molecule has 1 saturated carbocycles. The molecule has 0 amide bonds. The Kier molecular flexibility index (Phi) is 2.86. The molecule has 0 radical (unpaired) electrons. The van der Waals surface area contributed by atoms with Crippen molar-refractivity contribution in [2.75, 3.05) is 19.6 Å². The second kappa shape index (κ2) is 5.12. The zero-order valence-corrected chi connectivity index (χ0v) is 16.0. The van der Waals surface area contributed by atoms with Gasteiger partial charge in [0.1, 0.15) is 16.2 Å². The maximum Gasteiger partial charge on any atom is 0.124 e. The molecule has 3 nitrogen and oxygen atoms in total. The Morgan fingerprint density at radius 3 is 2.78 bits per heavy atom. The fourth-order valence-corrected chi connectivity index (χ4v) is 7.51. The summed E-state index contributed by atoms with van der Waals surface area (Å²) in [4.78, 5) is 8.37. The molecule has 4 unspecified atom stereocenters. The fourth-order valence-electron chi connectivity index (χ4n) is 6.60. The number of ether oxygens (including phenoxy) is 1. The lowest BCUT2D eigenvalue weighted by Gasteiger charge is -2.60. The SMILES string of the molecule is c1cc2c(c(-c3csc4ncccc34)c1)CC1(O2)C2CC3C[C@@H]1CN(C3)C2. The highest BCUT2D eigenvalue weighted by Crippen LogP contribution is 2.57. The number of rotatable bonds is 1. The molecule has 2 aromatic heterocycles. The van der Waals surface area contributed by atoms with Crippen molar-refractivity contribution in [2.24, 2.45) is 17.8 Å². The normalized spacial score (nSPS) is 35.7. The predicted molar refractivity (Wildman–Crippen MR) is 108 cm³/mol. The van der Waals surface area contributed by atoms with Gasteiger partial charge in [0.05, 0.1) is 0 Å². The molecule has 4 bridgehead atoms. The van der Waals surface area contributed by atoms with Crippen LogP contribution in [0.2, 0.25) is 0 Å². The van der Waals surface area contributed by atoms with E-state index in [0.717, 1.165) is 22.9 Å². The van der Waals surface area contributed by atoms with Gasteiger partial charge in [0.25, 0.3) is 0 Å². The van der Waals surface area contributed by atoms with Crippen molar-refractivity contribution in [1.29, 1.82) is 0 Å². The fraction of sp³-hybridized carbons (Fsp3) is 0.435. The van der Waals surface area contributed by atoms with Crippen molar-refractivity contribution in [3.63, 3.8) is 0 Å². The van der Waals surface area contributed by atoms with E-state index in [0.29, 0.717) is 11.8 Å². The number of hydrogen-bond acceptors (Lipinski definition) is 4. The molecule has 5 aliphatic rings. The van der Waals surface area contributed by atoms with Gasteiger partial charge in [0.15, 0.2) is 0 Å². The van der Waals surface area contributed by atoms with Crippen molar-refractivity contribution in [3.05, 3.63) is 47.5 Å². The summed E-state index contributed by atoms with van der Waals surface area (Å²) in [5.74, 6) is 3.44. The van der Waals surface area contributed by atoms with Gasteiger partial charge in [-0.2, -0.15) is 0 Å². The highest BCUT2D eigenvalue weighted by atomic mass is 32.1. The number of aromatic nitrogens is 1. The summed E-state index contributed by atoms with van der Waals surface area (Å²) < 4.78 is 6.88. The number of piperidine rings is 3. The third-order valence-electron chi connectivity index (χ3n) is 7.62. The van der Waals surface area contributed by atoms with Gasteiger partial charge in [-0.3, -0.25) is 0 Å². The number of hydrogen-bond donors (Lipinski definition) is 0.